The average molecular weight is 645 g/mol. The van der Waals surface area contributed by atoms with E-state index >= 15 is 0 Å². The third kappa shape index (κ3) is 7.30. The van der Waals surface area contributed by atoms with Gasteiger partial charge in [-0.15, -0.1) is 4.91 Å². The normalized spacial score (nSPS) is 10.4. The van der Waals surface area contributed by atoms with E-state index in [4.69, 9.17) is 34.2 Å². The minimum Gasteiger partial charge on any atom is -0.493 e. The highest BCUT2D eigenvalue weighted by atomic mass is 16.5. The Hall–Kier alpha value is -5.98. The zero-order valence-electron chi connectivity index (χ0n) is 26.9. The number of anilines is 1. The van der Waals surface area contributed by atoms with Crippen LogP contribution in [0.1, 0.15) is 20.7 Å². The van der Waals surface area contributed by atoms with Crippen molar-refractivity contribution in [1.82, 2.24) is 10.6 Å². The predicted molar refractivity (Wildman–Crippen MR) is 178 cm³/mol. The van der Waals surface area contributed by atoms with E-state index in [1.54, 1.807) is 48.5 Å². The smallest absolute Gasteiger partial charge is 0.252 e. The number of hydrogen-bond donors (Lipinski definition) is 3. The van der Waals surface area contributed by atoms with Crippen LogP contribution in [0, 0.1) is 4.91 Å². The highest BCUT2D eigenvalue weighted by Gasteiger charge is 2.21. The molecule has 0 spiro atoms. The molecular formula is C34H36N4O9. The molecule has 0 atom stereocenters. The molecule has 0 saturated carbocycles. The van der Waals surface area contributed by atoms with Crippen LogP contribution in [-0.4, -0.2) is 67.6 Å². The summed E-state index contributed by atoms with van der Waals surface area (Å²) >= 11 is 0. The second kappa shape index (κ2) is 15.3. The van der Waals surface area contributed by atoms with Gasteiger partial charge in [-0.25, -0.2) is 0 Å². The molecule has 0 aliphatic rings. The Morgan fingerprint density at radius 1 is 0.596 bits per heavy atom. The Bertz CT molecular complexity index is 1740. The molecule has 13 nitrogen and oxygen atoms in total. The van der Waals surface area contributed by atoms with Gasteiger partial charge in [0.05, 0.1) is 42.7 Å². The number of benzene rings is 4. The van der Waals surface area contributed by atoms with Gasteiger partial charge in [-0.2, -0.15) is 0 Å². The number of hydrogen-bond acceptors (Lipinski definition) is 11. The molecule has 0 bridgehead atoms. The first-order valence-corrected chi connectivity index (χ1v) is 14.3. The van der Waals surface area contributed by atoms with Gasteiger partial charge in [0.1, 0.15) is 5.69 Å². The highest BCUT2D eigenvalue weighted by Crippen LogP contribution is 2.43. The van der Waals surface area contributed by atoms with E-state index in [2.05, 4.69) is 15.8 Å². The maximum atomic E-state index is 13.4. The fourth-order valence-corrected chi connectivity index (χ4v) is 5.05. The van der Waals surface area contributed by atoms with Gasteiger partial charge >= 0.3 is 0 Å². The molecule has 0 heterocycles. The van der Waals surface area contributed by atoms with Crippen LogP contribution in [0.3, 0.4) is 0 Å². The van der Waals surface area contributed by atoms with Crippen molar-refractivity contribution in [3.8, 4) is 56.8 Å². The summed E-state index contributed by atoms with van der Waals surface area (Å²) < 4.78 is 32.7. The Morgan fingerprint density at radius 3 is 1.38 bits per heavy atom. The highest BCUT2D eigenvalue weighted by molar-refractivity contribution is 6.03. The fraction of sp³-hybridized carbons (Fsp3) is 0.235. The molecule has 246 valence electrons. The summed E-state index contributed by atoms with van der Waals surface area (Å²) in [6.07, 6.45) is 0. The number of carbonyl (C=O) groups is 2. The van der Waals surface area contributed by atoms with Gasteiger partial charge < -0.3 is 44.8 Å². The molecule has 0 aliphatic carbocycles. The summed E-state index contributed by atoms with van der Waals surface area (Å²) in [6, 6.07) is 16.3. The molecule has 4 aromatic carbocycles. The molecule has 13 heteroatoms. The number of amides is 2. The number of methoxy groups -OCH3 is 6. The Labute approximate surface area is 271 Å². The van der Waals surface area contributed by atoms with E-state index in [1.807, 2.05) is 0 Å². The first-order chi connectivity index (χ1) is 22.7. The van der Waals surface area contributed by atoms with Crippen LogP contribution in [0.4, 0.5) is 11.4 Å². The predicted octanol–water partition coefficient (Wildman–Crippen LogP) is 5.21. The molecule has 0 saturated heterocycles. The summed E-state index contributed by atoms with van der Waals surface area (Å²) in [5, 5.41) is 8.59. The lowest BCUT2D eigenvalue weighted by Crippen LogP contribution is -2.35. The van der Waals surface area contributed by atoms with E-state index in [1.165, 1.54) is 54.8 Å². The zero-order valence-corrected chi connectivity index (χ0v) is 26.9. The molecule has 4 N–H and O–H groups in total. The number of rotatable bonds is 14. The van der Waals surface area contributed by atoms with Gasteiger partial charge in [-0.1, -0.05) is 12.1 Å². The van der Waals surface area contributed by atoms with Gasteiger partial charge in [-0.05, 0) is 76.0 Å². The van der Waals surface area contributed by atoms with Crippen molar-refractivity contribution in [3.05, 3.63) is 76.7 Å². The average Bonchev–Trinajstić information content (AvgIpc) is 3.11. The second-order valence-electron chi connectivity index (χ2n) is 9.97. The van der Waals surface area contributed by atoms with Crippen LogP contribution in [0.5, 0.6) is 34.5 Å². The van der Waals surface area contributed by atoms with E-state index < -0.39 is 11.8 Å². The van der Waals surface area contributed by atoms with Gasteiger partial charge in [-0.3, -0.25) is 9.59 Å². The molecular weight excluding hydrogens is 608 g/mol. The number of nitrogens with zero attached hydrogens (tertiary/aromatic N) is 1. The van der Waals surface area contributed by atoms with Gasteiger partial charge in [0.2, 0.25) is 11.5 Å². The Morgan fingerprint density at radius 2 is 1.00 bits per heavy atom. The third-order valence-electron chi connectivity index (χ3n) is 7.29. The van der Waals surface area contributed by atoms with Crippen LogP contribution in [-0.2, 0) is 0 Å². The Balaban J connectivity index is 1.54. The van der Waals surface area contributed by atoms with E-state index in [0.717, 1.165) is 0 Å². The van der Waals surface area contributed by atoms with Crippen molar-refractivity contribution in [2.45, 2.75) is 0 Å². The van der Waals surface area contributed by atoms with Crippen molar-refractivity contribution in [3.63, 3.8) is 0 Å². The number of nitrogen functional groups attached to an aromatic ring is 1. The number of ether oxygens (including phenoxy) is 6. The number of carbonyl (C=O) groups excluding carboxylic acids is 2. The standard InChI is InChI=1S/C34H36N4O9/c1-42-27-13-19(14-28(43-2)31(27)46-5)23-9-7-21(35)17-25(23)33(39)36-11-12-37-34(40)26-18-22(38-41)8-10-24(26)20-15-29(44-3)32(47-6)30(16-20)45-4/h7-10,13-18H,11-12,35H2,1-6H3,(H,36,39)(H,37,40). The summed E-state index contributed by atoms with van der Waals surface area (Å²) in [7, 11) is 8.98. The second-order valence-corrected chi connectivity index (χ2v) is 9.97. The molecule has 0 aromatic heterocycles. The number of nitrogens with one attached hydrogen (secondary N) is 2. The van der Waals surface area contributed by atoms with Crippen molar-refractivity contribution in [2.24, 2.45) is 5.18 Å². The lowest BCUT2D eigenvalue weighted by Gasteiger charge is -2.17. The quantitative estimate of drug-likeness (QED) is 0.0941. The zero-order chi connectivity index (χ0) is 34.1. The van der Waals surface area contributed by atoms with E-state index in [-0.39, 0.29) is 24.3 Å². The van der Waals surface area contributed by atoms with Crippen LogP contribution >= 0.6 is 0 Å². The largest absolute Gasteiger partial charge is 0.493 e. The van der Waals surface area contributed by atoms with E-state index in [9.17, 15) is 14.5 Å². The van der Waals surface area contributed by atoms with Gasteiger partial charge in [0, 0.05) is 29.9 Å². The first kappa shape index (κ1) is 33.9. The molecule has 2 amide bonds. The summed E-state index contributed by atoms with van der Waals surface area (Å²) in [4.78, 5) is 38.1. The third-order valence-corrected chi connectivity index (χ3v) is 7.29. The fourth-order valence-electron chi connectivity index (χ4n) is 5.05. The molecule has 4 aromatic rings. The van der Waals surface area contributed by atoms with Crippen LogP contribution in [0.25, 0.3) is 22.3 Å². The molecule has 0 aliphatic heterocycles. The van der Waals surface area contributed by atoms with Crippen LogP contribution in [0.15, 0.2) is 65.8 Å². The lowest BCUT2D eigenvalue weighted by atomic mass is 9.97. The maximum absolute atomic E-state index is 13.4. The monoisotopic (exact) mass is 644 g/mol. The Kier molecular flexibility index (Phi) is 11.1. The van der Waals surface area contributed by atoms with Crippen molar-refractivity contribution >= 4 is 23.2 Å². The maximum Gasteiger partial charge on any atom is 0.252 e. The van der Waals surface area contributed by atoms with E-state index in [0.29, 0.717) is 68.0 Å². The lowest BCUT2D eigenvalue weighted by molar-refractivity contribution is 0.0928. The first-order valence-electron chi connectivity index (χ1n) is 14.3. The van der Waals surface area contributed by atoms with Crippen molar-refractivity contribution in [1.29, 1.82) is 0 Å². The summed E-state index contributed by atoms with van der Waals surface area (Å²) in [5.41, 5.74) is 9.28. The minimum absolute atomic E-state index is 0.0693. The van der Waals surface area contributed by atoms with Crippen LogP contribution < -0.4 is 44.8 Å². The SMILES string of the molecule is COc1cc(-c2ccc(N)cc2C(=O)NCCNC(=O)c2cc(N=O)ccc2-c2cc(OC)c(OC)c(OC)c2)cc(OC)c1OC. The molecule has 0 fully saturated rings. The van der Waals surface area contributed by atoms with Crippen LogP contribution in [0.2, 0.25) is 0 Å². The van der Waals surface area contributed by atoms with Gasteiger partial charge in [0.15, 0.2) is 23.0 Å². The summed E-state index contributed by atoms with van der Waals surface area (Å²) in [6.45, 7) is 0.152. The number of nitroso groups, excluding NO2 is 1. The topological polar surface area (TPSA) is 169 Å². The molecule has 0 unspecified atom stereocenters. The van der Waals surface area contributed by atoms with Crippen molar-refractivity contribution in [2.75, 3.05) is 61.5 Å². The van der Waals surface area contributed by atoms with Crippen molar-refractivity contribution < 1.29 is 38.0 Å². The molecule has 0 radical (unpaired) electrons. The molecule has 4 rings (SSSR count). The van der Waals surface area contributed by atoms with Gasteiger partial charge in [0.25, 0.3) is 11.8 Å². The summed E-state index contributed by atoms with van der Waals surface area (Å²) in [5.74, 6) is 1.53. The minimum atomic E-state index is -0.490. The molecule has 47 heavy (non-hydrogen) atoms. The number of nitrogens with two attached hydrogens (primary N) is 1.